The minimum atomic E-state index is 0.380. The Hall–Kier alpha value is -0.0900. The smallest absolute Gasteiger partial charge is 0.0931 e. The van der Waals surface area contributed by atoms with Crippen molar-refractivity contribution >= 4 is 22.9 Å². The van der Waals surface area contributed by atoms with Crippen LogP contribution in [0.3, 0.4) is 0 Å². The molecule has 3 heterocycles. The Morgan fingerprint density at radius 3 is 2.94 bits per heavy atom. The number of nitrogens with one attached hydrogen (secondary N) is 1. The van der Waals surface area contributed by atoms with Crippen LogP contribution in [0.2, 0.25) is 4.34 Å². The molecule has 4 unspecified atom stereocenters. The molecule has 4 atom stereocenters. The molecule has 2 bridgehead atoms. The monoisotopic (exact) mass is 257 g/mol. The lowest BCUT2D eigenvalue weighted by atomic mass is 9.95. The molecule has 2 aliphatic heterocycles. The maximum Gasteiger partial charge on any atom is 0.0931 e. The van der Waals surface area contributed by atoms with E-state index in [9.17, 15) is 0 Å². The molecule has 0 amide bonds. The van der Waals surface area contributed by atoms with Crippen molar-refractivity contribution in [1.82, 2.24) is 5.32 Å². The van der Waals surface area contributed by atoms with Crippen molar-refractivity contribution in [3.63, 3.8) is 0 Å². The standard InChI is InChI=1S/C12H16ClNOS/c1-7(11-4-5-12(13)16-11)14-9-6-8-2-3-10(9)15-8/h4-5,7-10,14H,2-3,6H2,1H3. The van der Waals surface area contributed by atoms with E-state index >= 15 is 0 Å². The summed E-state index contributed by atoms with van der Waals surface area (Å²) in [5.74, 6) is 0. The first kappa shape index (κ1) is 11.0. The van der Waals surface area contributed by atoms with Gasteiger partial charge in [-0.2, -0.15) is 0 Å². The van der Waals surface area contributed by atoms with E-state index in [0.717, 1.165) is 4.34 Å². The topological polar surface area (TPSA) is 21.3 Å². The number of fused-ring (bicyclic) bond motifs is 2. The van der Waals surface area contributed by atoms with Crippen molar-refractivity contribution in [2.45, 2.75) is 50.5 Å². The summed E-state index contributed by atoms with van der Waals surface area (Å²) in [5, 5.41) is 3.67. The fourth-order valence-electron chi connectivity index (χ4n) is 2.78. The summed E-state index contributed by atoms with van der Waals surface area (Å²) in [4.78, 5) is 1.31. The third-order valence-corrected chi connectivity index (χ3v) is 5.00. The van der Waals surface area contributed by atoms with E-state index in [1.54, 1.807) is 11.3 Å². The third kappa shape index (κ3) is 2.02. The fraction of sp³-hybridized carbons (Fsp3) is 0.667. The highest BCUT2D eigenvalue weighted by atomic mass is 35.5. The van der Waals surface area contributed by atoms with E-state index in [1.165, 1.54) is 24.1 Å². The first-order valence-corrected chi connectivity index (χ1v) is 7.08. The summed E-state index contributed by atoms with van der Waals surface area (Å²) in [6, 6.07) is 5.00. The minimum absolute atomic E-state index is 0.380. The maximum absolute atomic E-state index is 5.95. The van der Waals surface area contributed by atoms with Gasteiger partial charge in [-0.25, -0.2) is 0 Å². The largest absolute Gasteiger partial charge is 0.373 e. The summed E-state index contributed by atoms with van der Waals surface area (Å²) in [7, 11) is 0. The number of thiophene rings is 1. The average molecular weight is 258 g/mol. The van der Waals surface area contributed by atoms with Crippen molar-refractivity contribution < 1.29 is 4.74 Å². The van der Waals surface area contributed by atoms with Crippen molar-refractivity contribution in [2.24, 2.45) is 0 Å². The van der Waals surface area contributed by atoms with Gasteiger partial charge in [-0.3, -0.25) is 0 Å². The van der Waals surface area contributed by atoms with Crippen LogP contribution >= 0.6 is 22.9 Å². The molecule has 1 aromatic heterocycles. The van der Waals surface area contributed by atoms with Crippen LogP contribution in [-0.2, 0) is 4.74 Å². The van der Waals surface area contributed by atoms with Crippen LogP contribution in [0.15, 0.2) is 12.1 Å². The number of hydrogen-bond acceptors (Lipinski definition) is 3. The van der Waals surface area contributed by atoms with Crippen LogP contribution in [0.5, 0.6) is 0 Å². The Morgan fingerprint density at radius 2 is 2.38 bits per heavy atom. The van der Waals surface area contributed by atoms with Gasteiger partial charge in [0.05, 0.1) is 16.5 Å². The van der Waals surface area contributed by atoms with Crippen molar-refractivity contribution in [2.75, 3.05) is 0 Å². The van der Waals surface area contributed by atoms with Gasteiger partial charge in [0.25, 0.3) is 0 Å². The van der Waals surface area contributed by atoms with Gasteiger partial charge in [0.1, 0.15) is 0 Å². The molecule has 2 fully saturated rings. The van der Waals surface area contributed by atoms with E-state index in [4.69, 9.17) is 16.3 Å². The predicted octanol–water partition coefficient (Wildman–Crippen LogP) is 3.37. The normalized spacial score (nSPS) is 34.5. The Kier molecular flexibility index (Phi) is 2.96. The molecule has 4 heteroatoms. The van der Waals surface area contributed by atoms with Gasteiger partial charge < -0.3 is 10.1 Å². The second-order valence-corrected chi connectivity index (χ2v) is 6.49. The third-order valence-electron chi connectivity index (χ3n) is 3.59. The molecule has 1 N–H and O–H groups in total. The first-order valence-electron chi connectivity index (χ1n) is 5.89. The zero-order valence-electron chi connectivity index (χ0n) is 9.28. The highest BCUT2D eigenvalue weighted by Crippen LogP contribution is 2.36. The van der Waals surface area contributed by atoms with E-state index in [1.807, 2.05) is 6.07 Å². The molecule has 2 aliphatic rings. The first-order chi connectivity index (χ1) is 7.72. The Balaban J connectivity index is 1.62. The van der Waals surface area contributed by atoms with Crippen LogP contribution in [0.4, 0.5) is 0 Å². The van der Waals surface area contributed by atoms with Crippen molar-refractivity contribution in [3.05, 3.63) is 21.3 Å². The van der Waals surface area contributed by atoms with Crippen LogP contribution in [-0.4, -0.2) is 18.2 Å². The van der Waals surface area contributed by atoms with Gasteiger partial charge in [-0.05, 0) is 38.3 Å². The van der Waals surface area contributed by atoms with Crippen LogP contribution < -0.4 is 5.32 Å². The second kappa shape index (κ2) is 4.30. The SMILES string of the molecule is CC(NC1CC2CCC1O2)c1ccc(Cl)s1. The lowest BCUT2D eigenvalue weighted by molar-refractivity contribution is 0.0963. The number of hydrogen-bond donors (Lipinski definition) is 1. The quantitative estimate of drug-likeness (QED) is 0.897. The highest BCUT2D eigenvalue weighted by molar-refractivity contribution is 7.16. The van der Waals surface area contributed by atoms with Gasteiger partial charge in [-0.1, -0.05) is 11.6 Å². The summed E-state index contributed by atoms with van der Waals surface area (Å²) >= 11 is 7.61. The summed E-state index contributed by atoms with van der Waals surface area (Å²) in [6.07, 6.45) is 4.61. The molecule has 0 spiro atoms. The van der Waals surface area contributed by atoms with Crippen LogP contribution in [0.1, 0.15) is 37.1 Å². The van der Waals surface area contributed by atoms with Crippen molar-refractivity contribution in [3.8, 4) is 0 Å². The summed E-state index contributed by atoms with van der Waals surface area (Å²) in [6.45, 7) is 2.20. The molecule has 3 rings (SSSR count). The van der Waals surface area contributed by atoms with E-state index in [2.05, 4.69) is 18.3 Å². The fourth-order valence-corrected chi connectivity index (χ4v) is 3.85. The van der Waals surface area contributed by atoms with Gasteiger partial charge in [0.15, 0.2) is 0 Å². The molecule has 0 aromatic carbocycles. The van der Waals surface area contributed by atoms with Crippen molar-refractivity contribution in [1.29, 1.82) is 0 Å². The zero-order chi connectivity index (χ0) is 11.1. The second-order valence-electron chi connectivity index (χ2n) is 4.75. The molecule has 2 saturated heterocycles. The summed E-state index contributed by atoms with van der Waals surface area (Å²) in [5.41, 5.74) is 0. The lowest BCUT2D eigenvalue weighted by Gasteiger charge is -2.23. The van der Waals surface area contributed by atoms with E-state index in [0.29, 0.717) is 24.3 Å². The lowest BCUT2D eigenvalue weighted by Crippen LogP contribution is -2.38. The Bertz CT molecular complexity index is 381. The molecule has 16 heavy (non-hydrogen) atoms. The number of ether oxygens (including phenoxy) is 1. The van der Waals surface area contributed by atoms with E-state index < -0.39 is 0 Å². The molecule has 2 nitrogen and oxygen atoms in total. The van der Waals surface area contributed by atoms with Crippen LogP contribution in [0, 0.1) is 0 Å². The highest BCUT2D eigenvalue weighted by Gasteiger charge is 2.41. The maximum atomic E-state index is 5.95. The van der Waals surface area contributed by atoms with Gasteiger partial charge >= 0.3 is 0 Å². The Labute approximate surface area is 105 Å². The minimum Gasteiger partial charge on any atom is -0.373 e. The van der Waals surface area contributed by atoms with E-state index in [-0.39, 0.29) is 0 Å². The zero-order valence-corrected chi connectivity index (χ0v) is 10.9. The average Bonchev–Trinajstić information content (AvgIpc) is 2.92. The van der Waals surface area contributed by atoms with Gasteiger partial charge in [0.2, 0.25) is 0 Å². The molecule has 1 aromatic rings. The molecular formula is C12H16ClNOS. The summed E-state index contributed by atoms with van der Waals surface area (Å²) < 4.78 is 6.71. The molecule has 88 valence electrons. The van der Waals surface area contributed by atoms with Crippen LogP contribution in [0.25, 0.3) is 0 Å². The Morgan fingerprint density at radius 1 is 1.50 bits per heavy atom. The number of halogens is 1. The molecule has 0 saturated carbocycles. The molecule has 0 aliphatic carbocycles. The van der Waals surface area contributed by atoms with Gasteiger partial charge in [-0.15, -0.1) is 11.3 Å². The molecule has 0 radical (unpaired) electrons. The van der Waals surface area contributed by atoms with Gasteiger partial charge in [0, 0.05) is 17.0 Å². The molecular weight excluding hydrogens is 242 g/mol. The predicted molar refractivity (Wildman–Crippen MR) is 67.2 cm³/mol. The number of rotatable bonds is 3.